The zero-order valence-corrected chi connectivity index (χ0v) is 20.6. The second-order valence-electron chi connectivity index (χ2n) is 7.79. The van der Waals surface area contributed by atoms with Crippen molar-refractivity contribution >= 4 is 33.2 Å². The number of carbonyl (C=O) groups is 1. The first-order chi connectivity index (χ1) is 17.9. The van der Waals surface area contributed by atoms with Gasteiger partial charge in [-0.05, 0) is 29.8 Å². The van der Waals surface area contributed by atoms with E-state index in [1.54, 1.807) is 61.1 Å². The fourth-order valence-electron chi connectivity index (χ4n) is 3.81. The van der Waals surface area contributed by atoms with Crippen LogP contribution in [-0.4, -0.2) is 36.9 Å². The molecule has 0 aliphatic rings. The molecule has 0 radical (unpaired) electrons. The minimum atomic E-state index is -2.95. The Labute approximate surface area is 218 Å². The fraction of sp³-hybridized carbons (Fsp3) is 0.0769. The van der Waals surface area contributed by atoms with Crippen molar-refractivity contribution in [2.45, 2.75) is 13.2 Å². The Bertz CT molecular complexity index is 1640. The predicted octanol–water partition coefficient (Wildman–Crippen LogP) is 5.51. The number of rotatable bonds is 7. The number of hydrogen-bond donors (Lipinski definition) is 1. The van der Waals surface area contributed by atoms with Crippen LogP contribution >= 0.6 is 15.9 Å². The van der Waals surface area contributed by atoms with Gasteiger partial charge in [0, 0.05) is 28.0 Å². The van der Waals surface area contributed by atoms with E-state index in [0.29, 0.717) is 43.8 Å². The average molecular weight is 563 g/mol. The molecule has 37 heavy (non-hydrogen) atoms. The van der Waals surface area contributed by atoms with Crippen molar-refractivity contribution in [2.24, 2.45) is 0 Å². The molecule has 5 rings (SSSR count). The Hall–Kier alpha value is -4.56. The largest absolute Gasteiger partial charge is 0.434 e. The number of carbonyl (C=O) groups excluding carboxylic acids is 1. The van der Waals surface area contributed by atoms with E-state index in [0.717, 1.165) is 0 Å². The fourth-order valence-corrected chi connectivity index (χ4v) is 4.17. The summed E-state index contributed by atoms with van der Waals surface area (Å²) in [4.78, 5) is 17.3. The number of aromatic nitrogens is 5. The molecule has 0 atom stereocenters. The Morgan fingerprint density at radius 2 is 1.97 bits per heavy atom. The summed E-state index contributed by atoms with van der Waals surface area (Å²) >= 11 is 3.37. The number of benzene rings is 2. The molecule has 1 amide bonds. The van der Waals surface area contributed by atoms with E-state index in [2.05, 4.69) is 47.1 Å². The molecule has 3 aromatic heterocycles. The van der Waals surface area contributed by atoms with E-state index in [1.807, 2.05) is 0 Å². The molecular formula is C26H17BrF2N6O2. The lowest BCUT2D eigenvalue weighted by molar-refractivity contribution is -0.0494. The van der Waals surface area contributed by atoms with Gasteiger partial charge in [-0.3, -0.25) is 9.48 Å². The van der Waals surface area contributed by atoms with Crippen LogP contribution in [-0.2, 0) is 6.54 Å². The number of amides is 1. The minimum Gasteiger partial charge on any atom is -0.434 e. The second kappa shape index (κ2) is 10.2. The van der Waals surface area contributed by atoms with Gasteiger partial charge in [-0.25, -0.2) is 9.50 Å². The van der Waals surface area contributed by atoms with Crippen molar-refractivity contribution in [3.8, 4) is 40.5 Å². The standard InChI is InChI=1S/C26H17BrF2N6O2/c1-2-11-34-15-21(32-25(36)20-14-31-35-12-3-10-30-24(20)35)23(33-34)17-6-4-16(5-7-17)19-13-18(27)8-9-22(19)37-26(28)29/h1,3-10,12-15,26H,11H2,(H,32,36). The number of nitrogens with zero attached hydrogens (tertiary/aromatic N) is 5. The molecule has 11 heteroatoms. The van der Waals surface area contributed by atoms with Gasteiger partial charge in [-0.1, -0.05) is 46.1 Å². The van der Waals surface area contributed by atoms with Crippen molar-refractivity contribution in [3.05, 3.63) is 83.4 Å². The van der Waals surface area contributed by atoms with Gasteiger partial charge in [-0.2, -0.15) is 19.0 Å². The van der Waals surface area contributed by atoms with Gasteiger partial charge in [0.25, 0.3) is 5.91 Å². The van der Waals surface area contributed by atoms with Crippen molar-refractivity contribution in [1.82, 2.24) is 24.4 Å². The van der Waals surface area contributed by atoms with Gasteiger partial charge < -0.3 is 10.1 Å². The van der Waals surface area contributed by atoms with E-state index in [9.17, 15) is 13.6 Å². The molecule has 2 aromatic carbocycles. The highest BCUT2D eigenvalue weighted by Crippen LogP contribution is 2.35. The average Bonchev–Trinajstić information content (AvgIpc) is 3.49. The van der Waals surface area contributed by atoms with Crippen LogP contribution in [0.1, 0.15) is 10.4 Å². The van der Waals surface area contributed by atoms with Crippen LogP contribution in [0.4, 0.5) is 14.5 Å². The third-order valence-electron chi connectivity index (χ3n) is 5.41. The Kier molecular flexibility index (Phi) is 6.66. The number of fused-ring (bicyclic) bond motifs is 1. The maximum absolute atomic E-state index is 13.1. The van der Waals surface area contributed by atoms with Gasteiger partial charge in [0.1, 0.15) is 23.6 Å². The first-order valence-corrected chi connectivity index (χ1v) is 11.7. The van der Waals surface area contributed by atoms with E-state index in [1.165, 1.54) is 21.5 Å². The van der Waals surface area contributed by atoms with Gasteiger partial charge in [0.15, 0.2) is 5.65 Å². The number of nitrogens with one attached hydrogen (secondary N) is 1. The van der Waals surface area contributed by atoms with Crippen molar-refractivity contribution < 1.29 is 18.3 Å². The molecule has 0 fully saturated rings. The summed E-state index contributed by atoms with van der Waals surface area (Å²) in [6, 6.07) is 13.6. The van der Waals surface area contributed by atoms with Gasteiger partial charge in [-0.15, -0.1) is 6.42 Å². The van der Waals surface area contributed by atoms with Crippen LogP contribution in [0.15, 0.2) is 77.8 Å². The van der Waals surface area contributed by atoms with Crippen LogP contribution in [0.3, 0.4) is 0 Å². The highest BCUT2D eigenvalue weighted by atomic mass is 79.9. The van der Waals surface area contributed by atoms with Crippen LogP contribution in [0.25, 0.3) is 28.0 Å². The zero-order valence-electron chi connectivity index (χ0n) is 19.0. The van der Waals surface area contributed by atoms with E-state index < -0.39 is 12.5 Å². The third kappa shape index (κ3) is 5.05. The van der Waals surface area contributed by atoms with Crippen molar-refractivity contribution in [3.63, 3.8) is 0 Å². The molecule has 184 valence electrons. The third-order valence-corrected chi connectivity index (χ3v) is 5.91. The summed E-state index contributed by atoms with van der Waals surface area (Å²) in [5, 5.41) is 11.6. The molecule has 0 aliphatic heterocycles. The molecule has 5 aromatic rings. The Balaban J connectivity index is 1.48. The lowest BCUT2D eigenvalue weighted by atomic mass is 10.0. The van der Waals surface area contributed by atoms with E-state index in [4.69, 9.17) is 6.42 Å². The smallest absolute Gasteiger partial charge is 0.387 e. The summed E-state index contributed by atoms with van der Waals surface area (Å²) in [7, 11) is 0. The van der Waals surface area contributed by atoms with E-state index in [-0.39, 0.29) is 12.3 Å². The van der Waals surface area contributed by atoms with E-state index >= 15 is 0 Å². The number of ether oxygens (including phenoxy) is 1. The van der Waals surface area contributed by atoms with Crippen LogP contribution in [0.2, 0.25) is 0 Å². The molecule has 3 heterocycles. The Morgan fingerprint density at radius 3 is 2.73 bits per heavy atom. The molecule has 0 saturated carbocycles. The maximum atomic E-state index is 13.1. The number of hydrogen-bond acceptors (Lipinski definition) is 5. The SMILES string of the molecule is C#CCn1cc(NC(=O)c2cnn3cccnc23)c(-c2ccc(-c3cc(Br)ccc3OC(F)F)cc2)n1. The molecule has 0 unspecified atom stereocenters. The second-order valence-corrected chi connectivity index (χ2v) is 8.71. The summed E-state index contributed by atoms with van der Waals surface area (Å²) in [5.74, 6) is 2.17. The summed E-state index contributed by atoms with van der Waals surface area (Å²) in [5.41, 5.74) is 3.47. The number of halogens is 3. The highest BCUT2D eigenvalue weighted by Gasteiger charge is 2.19. The van der Waals surface area contributed by atoms with Gasteiger partial charge in [0.05, 0.1) is 18.1 Å². The molecule has 0 saturated heterocycles. The molecule has 0 spiro atoms. The van der Waals surface area contributed by atoms with Gasteiger partial charge in [0.2, 0.25) is 0 Å². The van der Waals surface area contributed by atoms with Crippen molar-refractivity contribution in [1.29, 1.82) is 0 Å². The number of terminal acetylenes is 1. The Morgan fingerprint density at radius 1 is 1.19 bits per heavy atom. The summed E-state index contributed by atoms with van der Waals surface area (Å²) in [6.45, 7) is -2.75. The monoisotopic (exact) mass is 562 g/mol. The summed E-state index contributed by atoms with van der Waals surface area (Å²) in [6.07, 6.45) is 11.8. The summed E-state index contributed by atoms with van der Waals surface area (Å²) < 4.78 is 34.2. The molecule has 1 N–H and O–H groups in total. The van der Waals surface area contributed by atoms with Gasteiger partial charge >= 0.3 is 6.61 Å². The zero-order chi connectivity index (χ0) is 25.9. The van der Waals surface area contributed by atoms with Crippen LogP contribution in [0.5, 0.6) is 5.75 Å². The minimum absolute atomic E-state index is 0.0548. The van der Waals surface area contributed by atoms with Crippen LogP contribution in [0, 0.1) is 12.3 Å². The first-order valence-electron chi connectivity index (χ1n) is 10.9. The molecule has 0 bridgehead atoms. The predicted molar refractivity (Wildman–Crippen MR) is 137 cm³/mol. The molecule has 0 aliphatic carbocycles. The first kappa shape index (κ1) is 24.1. The lowest BCUT2D eigenvalue weighted by Gasteiger charge is -2.12. The maximum Gasteiger partial charge on any atom is 0.387 e. The topological polar surface area (TPSA) is 86.3 Å². The lowest BCUT2D eigenvalue weighted by Crippen LogP contribution is -2.12. The number of anilines is 1. The quantitative estimate of drug-likeness (QED) is 0.264. The highest BCUT2D eigenvalue weighted by molar-refractivity contribution is 9.10. The van der Waals surface area contributed by atoms with Crippen molar-refractivity contribution in [2.75, 3.05) is 5.32 Å². The molecule has 8 nitrogen and oxygen atoms in total. The van der Waals surface area contributed by atoms with Crippen LogP contribution < -0.4 is 10.1 Å². The number of alkyl halides is 2. The molecular weight excluding hydrogens is 546 g/mol. The normalized spacial score (nSPS) is 11.0.